The Bertz CT molecular complexity index is 397. The predicted octanol–water partition coefficient (Wildman–Crippen LogP) is 1.69. The molecule has 2 rings (SSSR count). The van der Waals surface area contributed by atoms with Gasteiger partial charge in [0.1, 0.15) is 5.76 Å². The molecule has 0 spiro atoms. The van der Waals surface area contributed by atoms with Crippen molar-refractivity contribution < 1.29 is 9.15 Å². The third kappa shape index (κ3) is 2.46. The third-order valence-corrected chi connectivity index (χ3v) is 1.90. The van der Waals surface area contributed by atoms with E-state index < -0.39 is 0 Å². The molecule has 0 saturated heterocycles. The number of anilines is 1. The summed E-state index contributed by atoms with van der Waals surface area (Å²) in [7, 11) is 1.59. The molecule has 2 aromatic rings. The van der Waals surface area contributed by atoms with E-state index in [0.29, 0.717) is 12.4 Å². The number of hydrogen-bond acceptors (Lipinski definition) is 5. The molecule has 0 radical (unpaired) electrons. The Labute approximate surface area is 87.1 Å². The van der Waals surface area contributed by atoms with E-state index in [-0.39, 0.29) is 0 Å². The third-order valence-electron chi connectivity index (χ3n) is 1.90. The average Bonchev–Trinajstić information content (AvgIpc) is 2.80. The lowest BCUT2D eigenvalue weighted by atomic mass is 10.4. The maximum atomic E-state index is 5.08. The van der Waals surface area contributed by atoms with Crippen molar-refractivity contribution >= 4 is 5.69 Å². The molecule has 0 bridgehead atoms. The van der Waals surface area contributed by atoms with Gasteiger partial charge in [0.25, 0.3) is 0 Å². The molecule has 0 unspecified atom stereocenters. The number of ether oxygens (including phenoxy) is 1. The molecule has 5 heteroatoms. The van der Waals surface area contributed by atoms with Crippen molar-refractivity contribution in [2.45, 2.75) is 6.54 Å². The Hall–Kier alpha value is -2.04. The van der Waals surface area contributed by atoms with E-state index in [1.165, 1.54) is 6.39 Å². The van der Waals surface area contributed by atoms with Gasteiger partial charge in [-0.25, -0.2) is 9.97 Å². The van der Waals surface area contributed by atoms with Crippen LogP contribution in [0.25, 0.3) is 0 Å². The van der Waals surface area contributed by atoms with Gasteiger partial charge in [0.05, 0.1) is 31.7 Å². The molecule has 0 saturated carbocycles. The smallest absolute Gasteiger partial charge is 0.213 e. The van der Waals surface area contributed by atoms with Gasteiger partial charge in [-0.15, -0.1) is 0 Å². The van der Waals surface area contributed by atoms with E-state index in [2.05, 4.69) is 15.3 Å². The molecule has 0 aliphatic heterocycles. The number of hydrogen-bond donors (Lipinski definition) is 1. The second-order valence-corrected chi connectivity index (χ2v) is 2.91. The molecule has 0 fully saturated rings. The van der Waals surface area contributed by atoms with Crippen LogP contribution in [0.1, 0.15) is 5.76 Å². The molecule has 78 valence electrons. The molecule has 15 heavy (non-hydrogen) atoms. The fourth-order valence-electron chi connectivity index (χ4n) is 1.12. The van der Waals surface area contributed by atoms with Crippen LogP contribution < -0.4 is 10.1 Å². The minimum atomic E-state index is 0.591. The zero-order valence-corrected chi connectivity index (χ0v) is 8.30. The van der Waals surface area contributed by atoms with E-state index in [1.807, 2.05) is 6.07 Å². The van der Waals surface area contributed by atoms with E-state index in [0.717, 1.165) is 11.4 Å². The maximum absolute atomic E-state index is 5.08. The van der Waals surface area contributed by atoms with Crippen LogP contribution in [0, 0.1) is 0 Å². The van der Waals surface area contributed by atoms with Gasteiger partial charge in [-0.05, 0) is 6.07 Å². The number of oxazole rings is 1. The summed E-state index contributed by atoms with van der Waals surface area (Å²) < 4.78 is 10.0. The van der Waals surface area contributed by atoms with Crippen LogP contribution in [0.15, 0.2) is 35.3 Å². The van der Waals surface area contributed by atoms with Crippen LogP contribution in [0.4, 0.5) is 5.69 Å². The van der Waals surface area contributed by atoms with Crippen LogP contribution in [0.3, 0.4) is 0 Å². The van der Waals surface area contributed by atoms with Gasteiger partial charge >= 0.3 is 0 Å². The van der Waals surface area contributed by atoms with Crippen molar-refractivity contribution in [3.8, 4) is 5.88 Å². The fraction of sp³-hybridized carbons (Fsp3) is 0.200. The highest BCUT2D eigenvalue weighted by atomic mass is 16.5. The van der Waals surface area contributed by atoms with Gasteiger partial charge in [-0.1, -0.05) is 0 Å². The first-order valence-corrected chi connectivity index (χ1v) is 4.50. The number of nitrogens with zero attached hydrogens (tertiary/aromatic N) is 2. The first kappa shape index (κ1) is 9.51. The molecular weight excluding hydrogens is 194 g/mol. The summed E-state index contributed by atoms with van der Waals surface area (Å²) in [5.41, 5.74) is 0.909. The largest absolute Gasteiger partial charge is 0.481 e. The molecule has 2 aromatic heterocycles. The second kappa shape index (κ2) is 4.45. The van der Waals surface area contributed by atoms with E-state index in [1.54, 1.807) is 25.6 Å². The van der Waals surface area contributed by atoms with E-state index in [9.17, 15) is 0 Å². The predicted molar refractivity (Wildman–Crippen MR) is 54.6 cm³/mol. The minimum absolute atomic E-state index is 0.591. The first-order valence-electron chi connectivity index (χ1n) is 4.50. The molecule has 5 nitrogen and oxygen atoms in total. The number of methoxy groups -OCH3 is 1. The molecule has 1 N–H and O–H groups in total. The Kier molecular flexibility index (Phi) is 2.82. The normalized spacial score (nSPS) is 9.93. The molecule has 2 heterocycles. The molecule has 0 amide bonds. The highest BCUT2D eigenvalue weighted by Crippen LogP contribution is 2.11. The summed E-state index contributed by atoms with van der Waals surface area (Å²) in [5.74, 6) is 1.38. The highest BCUT2D eigenvalue weighted by molar-refractivity contribution is 5.42. The van der Waals surface area contributed by atoms with Crippen molar-refractivity contribution in [3.05, 3.63) is 36.7 Å². The van der Waals surface area contributed by atoms with Crippen molar-refractivity contribution in [2.24, 2.45) is 0 Å². The summed E-state index contributed by atoms with van der Waals surface area (Å²) >= 11 is 0. The number of nitrogens with one attached hydrogen (secondary N) is 1. The van der Waals surface area contributed by atoms with Crippen LogP contribution in [0.2, 0.25) is 0 Å². The maximum Gasteiger partial charge on any atom is 0.213 e. The van der Waals surface area contributed by atoms with Gasteiger partial charge in [-0.3, -0.25) is 0 Å². The van der Waals surface area contributed by atoms with Gasteiger partial charge in [0.2, 0.25) is 5.88 Å². The lowest BCUT2D eigenvalue weighted by Crippen LogP contribution is -1.98. The summed E-state index contributed by atoms with van der Waals surface area (Å²) in [6, 6.07) is 3.69. The quantitative estimate of drug-likeness (QED) is 0.823. The van der Waals surface area contributed by atoms with Crippen LogP contribution >= 0.6 is 0 Å². The first-order chi connectivity index (χ1) is 7.38. The Morgan fingerprint density at radius 3 is 2.93 bits per heavy atom. The second-order valence-electron chi connectivity index (χ2n) is 2.91. The molecule has 0 aliphatic carbocycles. The van der Waals surface area contributed by atoms with Crippen molar-refractivity contribution in [3.63, 3.8) is 0 Å². The zero-order valence-electron chi connectivity index (χ0n) is 8.30. The van der Waals surface area contributed by atoms with E-state index in [4.69, 9.17) is 9.15 Å². The lowest BCUT2D eigenvalue weighted by Gasteiger charge is -2.04. The van der Waals surface area contributed by atoms with Crippen molar-refractivity contribution in [1.29, 1.82) is 0 Å². The summed E-state index contributed by atoms with van der Waals surface area (Å²) in [6.07, 6.45) is 4.78. The molecule has 0 aromatic carbocycles. The fourth-order valence-corrected chi connectivity index (χ4v) is 1.12. The molecule has 0 atom stereocenters. The summed E-state index contributed by atoms with van der Waals surface area (Å²) in [6.45, 7) is 0.591. The topological polar surface area (TPSA) is 60.2 Å². The molecular formula is C10H11N3O2. The van der Waals surface area contributed by atoms with E-state index >= 15 is 0 Å². The lowest BCUT2D eigenvalue weighted by molar-refractivity contribution is 0.398. The number of rotatable bonds is 4. The van der Waals surface area contributed by atoms with Crippen LogP contribution in [0.5, 0.6) is 5.88 Å². The summed E-state index contributed by atoms with van der Waals surface area (Å²) in [5, 5.41) is 3.15. The van der Waals surface area contributed by atoms with Crippen LogP contribution in [-0.4, -0.2) is 17.1 Å². The van der Waals surface area contributed by atoms with Crippen LogP contribution in [-0.2, 0) is 6.54 Å². The molecule has 0 aliphatic rings. The standard InChI is InChI=1S/C10H11N3O2/c1-14-10-3-2-8(4-13-10)12-6-9-5-11-7-15-9/h2-5,7,12H,6H2,1H3. The number of aromatic nitrogens is 2. The Morgan fingerprint density at radius 2 is 2.33 bits per heavy atom. The van der Waals surface area contributed by atoms with Crippen molar-refractivity contribution in [2.75, 3.05) is 12.4 Å². The highest BCUT2D eigenvalue weighted by Gasteiger charge is 1.97. The van der Waals surface area contributed by atoms with Gasteiger partial charge in [-0.2, -0.15) is 0 Å². The van der Waals surface area contributed by atoms with Gasteiger partial charge < -0.3 is 14.5 Å². The Morgan fingerprint density at radius 1 is 1.40 bits per heavy atom. The Balaban J connectivity index is 1.93. The summed E-state index contributed by atoms with van der Waals surface area (Å²) in [4.78, 5) is 7.89. The minimum Gasteiger partial charge on any atom is -0.481 e. The zero-order chi connectivity index (χ0) is 10.5. The van der Waals surface area contributed by atoms with Gasteiger partial charge in [0.15, 0.2) is 6.39 Å². The van der Waals surface area contributed by atoms with Crippen molar-refractivity contribution in [1.82, 2.24) is 9.97 Å². The number of pyridine rings is 1. The average molecular weight is 205 g/mol. The monoisotopic (exact) mass is 205 g/mol. The van der Waals surface area contributed by atoms with Gasteiger partial charge in [0, 0.05) is 6.07 Å². The SMILES string of the molecule is COc1ccc(NCc2cnco2)cn1.